The minimum absolute atomic E-state index is 0.0300. The van der Waals surface area contributed by atoms with Gasteiger partial charge in [-0.3, -0.25) is 9.59 Å². The SMILES string of the molecule is CCCNC(=O)c1ccc(-c2cc3c(cc2C(=O)Nc2ccc4c(N)nccc4c2)-c2cscc2CO3)c(C(=O)O)n1. The van der Waals surface area contributed by atoms with E-state index in [2.05, 4.69) is 20.6 Å². The molecule has 0 unspecified atom stereocenters. The van der Waals surface area contributed by atoms with Crippen molar-refractivity contribution in [3.63, 3.8) is 0 Å². The van der Waals surface area contributed by atoms with Gasteiger partial charge in [-0.05, 0) is 71.1 Å². The summed E-state index contributed by atoms with van der Waals surface area (Å²) in [5.74, 6) is -1.37. The Morgan fingerprint density at radius 1 is 1.00 bits per heavy atom. The summed E-state index contributed by atoms with van der Waals surface area (Å²) in [6, 6.07) is 13.4. The van der Waals surface area contributed by atoms with Gasteiger partial charge in [0.1, 0.15) is 23.9 Å². The fraction of sp³-hybridized carbons (Fsp3) is 0.129. The van der Waals surface area contributed by atoms with E-state index >= 15 is 0 Å². The Morgan fingerprint density at radius 2 is 1.86 bits per heavy atom. The van der Waals surface area contributed by atoms with Gasteiger partial charge < -0.3 is 26.2 Å². The van der Waals surface area contributed by atoms with Crippen molar-refractivity contribution in [1.29, 1.82) is 0 Å². The maximum atomic E-state index is 13.9. The second-order valence-electron chi connectivity index (χ2n) is 9.73. The van der Waals surface area contributed by atoms with Crippen LogP contribution in [0.15, 0.2) is 65.5 Å². The third kappa shape index (κ3) is 4.90. The van der Waals surface area contributed by atoms with Crippen molar-refractivity contribution < 1.29 is 24.2 Å². The molecule has 3 aromatic heterocycles. The Hall–Kier alpha value is -5.29. The number of carbonyl (C=O) groups excluding carboxylic acids is 2. The molecule has 5 aromatic rings. The lowest BCUT2D eigenvalue weighted by Gasteiger charge is -2.22. The van der Waals surface area contributed by atoms with Crippen molar-refractivity contribution >= 4 is 51.4 Å². The van der Waals surface area contributed by atoms with Crippen LogP contribution in [-0.2, 0) is 6.61 Å². The van der Waals surface area contributed by atoms with Crippen molar-refractivity contribution in [2.24, 2.45) is 0 Å². The molecule has 210 valence electrons. The zero-order chi connectivity index (χ0) is 29.4. The summed E-state index contributed by atoms with van der Waals surface area (Å²) in [6.07, 6.45) is 2.31. The second-order valence-corrected chi connectivity index (χ2v) is 10.5. The smallest absolute Gasteiger partial charge is 0.355 e. The fourth-order valence-electron chi connectivity index (χ4n) is 4.92. The van der Waals surface area contributed by atoms with Gasteiger partial charge >= 0.3 is 5.97 Å². The monoisotopic (exact) mass is 579 g/mol. The average molecular weight is 580 g/mol. The van der Waals surface area contributed by atoms with Crippen LogP contribution in [0, 0.1) is 0 Å². The van der Waals surface area contributed by atoms with Gasteiger partial charge in [0.2, 0.25) is 0 Å². The Kier molecular flexibility index (Phi) is 7.01. The summed E-state index contributed by atoms with van der Waals surface area (Å²) < 4.78 is 6.01. The number of pyridine rings is 2. The van der Waals surface area contributed by atoms with Crippen LogP contribution in [0.5, 0.6) is 5.75 Å². The molecule has 1 aliphatic heterocycles. The van der Waals surface area contributed by atoms with Gasteiger partial charge in [-0.25, -0.2) is 14.8 Å². The van der Waals surface area contributed by atoms with Crippen LogP contribution < -0.4 is 21.1 Å². The Labute approximate surface area is 244 Å². The number of amides is 2. The number of fused-ring (bicyclic) bond motifs is 4. The molecule has 6 rings (SSSR count). The highest BCUT2D eigenvalue weighted by atomic mass is 32.1. The summed E-state index contributed by atoms with van der Waals surface area (Å²) in [4.78, 5) is 47.1. The van der Waals surface area contributed by atoms with E-state index in [1.54, 1.807) is 42.6 Å². The third-order valence-corrected chi connectivity index (χ3v) is 7.78. The minimum atomic E-state index is -1.33. The first-order valence-corrected chi connectivity index (χ1v) is 14.1. The molecule has 0 atom stereocenters. The largest absolute Gasteiger partial charge is 0.488 e. The second kappa shape index (κ2) is 10.9. The van der Waals surface area contributed by atoms with Crippen LogP contribution >= 0.6 is 11.3 Å². The first-order chi connectivity index (χ1) is 20.3. The molecule has 0 aliphatic carbocycles. The molecular weight excluding hydrogens is 554 g/mol. The lowest BCUT2D eigenvalue weighted by atomic mass is 9.91. The lowest BCUT2D eigenvalue weighted by Crippen LogP contribution is -2.25. The number of rotatable bonds is 7. The third-order valence-electron chi connectivity index (χ3n) is 6.99. The van der Waals surface area contributed by atoms with E-state index in [0.29, 0.717) is 36.0 Å². The summed E-state index contributed by atoms with van der Waals surface area (Å²) >= 11 is 1.53. The topological polar surface area (TPSA) is 157 Å². The van der Waals surface area contributed by atoms with Crippen LogP contribution in [0.3, 0.4) is 0 Å². The molecule has 4 heterocycles. The van der Waals surface area contributed by atoms with Crippen LogP contribution in [0.1, 0.15) is 50.2 Å². The molecule has 0 saturated heterocycles. The number of carboxylic acids is 1. The van der Waals surface area contributed by atoms with Crippen LogP contribution in [-0.4, -0.2) is 39.4 Å². The number of thiophene rings is 1. The first kappa shape index (κ1) is 26.9. The highest BCUT2D eigenvalue weighted by Crippen LogP contribution is 2.43. The quantitative estimate of drug-likeness (QED) is 0.194. The normalized spacial score (nSPS) is 11.7. The van der Waals surface area contributed by atoms with E-state index in [1.165, 1.54) is 23.5 Å². The zero-order valence-corrected chi connectivity index (χ0v) is 23.2. The van der Waals surface area contributed by atoms with Crippen molar-refractivity contribution in [1.82, 2.24) is 15.3 Å². The van der Waals surface area contributed by atoms with Crippen LogP contribution in [0.25, 0.3) is 33.0 Å². The van der Waals surface area contributed by atoms with E-state index < -0.39 is 17.8 Å². The molecule has 2 aromatic carbocycles. The molecule has 0 radical (unpaired) electrons. The number of benzene rings is 2. The number of hydrogen-bond acceptors (Lipinski definition) is 8. The van der Waals surface area contributed by atoms with E-state index in [4.69, 9.17) is 10.5 Å². The van der Waals surface area contributed by atoms with Crippen molar-refractivity contribution in [3.8, 4) is 28.0 Å². The number of nitrogen functional groups attached to an aromatic ring is 1. The van der Waals surface area contributed by atoms with Gasteiger partial charge in [-0.15, -0.1) is 0 Å². The maximum Gasteiger partial charge on any atom is 0.355 e. The number of aromatic carboxylic acids is 1. The molecule has 10 nitrogen and oxygen atoms in total. The van der Waals surface area contributed by atoms with Gasteiger partial charge in [-0.2, -0.15) is 11.3 Å². The molecule has 2 amide bonds. The van der Waals surface area contributed by atoms with Gasteiger partial charge in [0, 0.05) is 57.2 Å². The van der Waals surface area contributed by atoms with E-state index in [1.807, 2.05) is 17.7 Å². The van der Waals surface area contributed by atoms with Gasteiger partial charge in [0.05, 0.1) is 0 Å². The molecular formula is C31H25N5O5S. The highest BCUT2D eigenvalue weighted by molar-refractivity contribution is 7.08. The van der Waals surface area contributed by atoms with Gasteiger partial charge in [-0.1, -0.05) is 6.92 Å². The van der Waals surface area contributed by atoms with Crippen molar-refractivity contribution in [2.45, 2.75) is 20.0 Å². The van der Waals surface area contributed by atoms with Gasteiger partial charge in [0.25, 0.3) is 11.8 Å². The summed E-state index contributed by atoms with van der Waals surface area (Å²) in [6.45, 7) is 2.69. The number of nitrogens with one attached hydrogen (secondary N) is 2. The summed E-state index contributed by atoms with van der Waals surface area (Å²) in [7, 11) is 0. The van der Waals surface area contributed by atoms with Crippen molar-refractivity contribution in [2.75, 3.05) is 17.6 Å². The highest BCUT2D eigenvalue weighted by Gasteiger charge is 2.27. The van der Waals surface area contributed by atoms with Crippen molar-refractivity contribution in [3.05, 3.63) is 88.0 Å². The molecule has 0 fully saturated rings. The summed E-state index contributed by atoms with van der Waals surface area (Å²) in [5.41, 5.74) is 9.51. The Bertz CT molecular complexity index is 1900. The minimum Gasteiger partial charge on any atom is -0.488 e. The molecule has 1 aliphatic rings. The van der Waals surface area contributed by atoms with E-state index in [0.717, 1.165) is 33.9 Å². The number of nitrogens with zero attached hydrogens (tertiary/aromatic N) is 2. The number of anilines is 2. The summed E-state index contributed by atoms with van der Waals surface area (Å²) in [5, 5.41) is 21.3. The fourth-order valence-corrected chi connectivity index (χ4v) is 5.76. The predicted octanol–water partition coefficient (Wildman–Crippen LogP) is 5.59. The number of aromatic nitrogens is 2. The van der Waals surface area contributed by atoms with E-state index in [-0.39, 0.29) is 22.5 Å². The number of hydrogen-bond donors (Lipinski definition) is 4. The number of carbonyl (C=O) groups is 3. The molecule has 0 saturated carbocycles. The Morgan fingerprint density at radius 3 is 2.67 bits per heavy atom. The molecule has 11 heteroatoms. The first-order valence-electron chi connectivity index (χ1n) is 13.2. The van der Waals surface area contributed by atoms with E-state index in [9.17, 15) is 19.5 Å². The lowest BCUT2D eigenvalue weighted by molar-refractivity contribution is 0.0691. The Balaban J connectivity index is 1.47. The molecule has 42 heavy (non-hydrogen) atoms. The van der Waals surface area contributed by atoms with Gasteiger partial charge in [0.15, 0.2) is 5.69 Å². The zero-order valence-electron chi connectivity index (χ0n) is 22.4. The standard InChI is InChI=1S/C31H25N5O5S/c1-2-8-34-30(38)25-6-5-20(27(36-25)31(39)40)21-12-26-22(24-15-42-14-17(24)13-41-26)11-23(21)29(37)35-18-3-4-19-16(10-18)7-9-33-28(19)32/h3-7,9-12,14-15H,2,8,13H2,1H3,(H2,32,33)(H,34,38)(H,35,37)(H,39,40). The maximum absolute atomic E-state index is 13.9. The number of nitrogens with two attached hydrogens (primary N) is 1. The van der Waals surface area contributed by atoms with Crippen LogP contribution in [0.4, 0.5) is 11.5 Å². The molecule has 5 N–H and O–H groups in total. The number of carboxylic acid groups (broad SMARTS) is 1. The average Bonchev–Trinajstić information content (AvgIpc) is 3.48. The predicted molar refractivity (Wildman–Crippen MR) is 161 cm³/mol. The molecule has 0 bridgehead atoms. The van der Waals surface area contributed by atoms with Crippen LogP contribution in [0.2, 0.25) is 0 Å². The number of ether oxygens (including phenoxy) is 1. The molecule has 0 spiro atoms.